The number of halogens is 4. The average Bonchev–Trinajstić information content (AvgIpc) is 2.43. The lowest BCUT2D eigenvalue weighted by atomic mass is 10.0. The molecule has 3 nitrogen and oxygen atoms in total. The molecule has 0 bridgehead atoms. The maximum atomic E-state index is 13.9. The van der Waals surface area contributed by atoms with Crippen molar-refractivity contribution in [1.29, 1.82) is 0 Å². The Labute approximate surface area is 118 Å². The largest absolute Gasteiger partial charge is 0.417 e. The van der Waals surface area contributed by atoms with Gasteiger partial charge in [-0.1, -0.05) is 17.7 Å². The highest BCUT2D eigenvalue weighted by atomic mass is 19.4. The van der Waals surface area contributed by atoms with E-state index in [-0.39, 0.29) is 11.3 Å². The number of aryl methyl sites for hydroxylation is 1. The van der Waals surface area contributed by atoms with Gasteiger partial charge in [0.25, 0.3) is 0 Å². The van der Waals surface area contributed by atoms with Gasteiger partial charge in [0, 0.05) is 11.8 Å². The smallest absolute Gasteiger partial charge is 0.271 e. The van der Waals surface area contributed by atoms with E-state index >= 15 is 0 Å². The molecule has 0 aliphatic heterocycles. The van der Waals surface area contributed by atoms with Crippen LogP contribution in [0.5, 0.6) is 0 Å². The van der Waals surface area contributed by atoms with Crippen molar-refractivity contribution in [1.82, 2.24) is 10.4 Å². The highest BCUT2D eigenvalue weighted by Gasteiger charge is 2.31. The van der Waals surface area contributed by atoms with Crippen LogP contribution in [0.2, 0.25) is 0 Å². The van der Waals surface area contributed by atoms with Crippen molar-refractivity contribution in [3.05, 3.63) is 64.7 Å². The summed E-state index contributed by atoms with van der Waals surface area (Å²) in [6.45, 7) is 1.77. The molecule has 2 rings (SSSR count). The summed E-state index contributed by atoms with van der Waals surface area (Å²) in [5, 5.41) is 0. The van der Waals surface area contributed by atoms with Crippen LogP contribution in [-0.2, 0) is 6.18 Å². The lowest BCUT2D eigenvalue weighted by Gasteiger charge is -2.18. The number of alkyl halides is 3. The van der Waals surface area contributed by atoms with Crippen LogP contribution < -0.4 is 11.3 Å². The number of hydrazine groups is 1. The molecule has 0 saturated carbocycles. The second kappa shape index (κ2) is 5.79. The molecule has 112 valence electrons. The summed E-state index contributed by atoms with van der Waals surface area (Å²) >= 11 is 0. The fourth-order valence-electron chi connectivity index (χ4n) is 1.96. The van der Waals surface area contributed by atoms with Crippen LogP contribution in [0.15, 0.2) is 36.5 Å². The van der Waals surface area contributed by atoms with Gasteiger partial charge in [-0.05, 0) is 25.1 Å². The van der Waals surface area contributed by atoms with Gasteiger partial charge in [-0.15, -0.1) is 0 Å². The molecule has 2 aromatic rings. The minimum Gasteiger partial charge on any atom is -0.271 e. The van der Waals surface area contributed by atoms with Crippen LogP contribution in [-0.4, -0.2) is 4.98 Å². The van der Waals surface area contributed by atoms with Gasteiger partial charge in [-0.3, -0.25) is 10.8 Å². The van der Waals surface area contributed by atoms with Gasteiger partial charge in [0.1, 0.15) is 5.82 Å². The second-order valence-corrected chi connectivity index (χ2v) is 4.59. The van der Waals surface area contributed by atoms with Gasteiger partial charge in [0.15, 0.2) is 0 Å². The first-order valence-corrected chi connectivity index (χ1v) is 6.08. The summed E-state index contributed by atoms with van der Waals surface area (Å²) in [7, 11) is 0. The topological polar surface area (TPSA) is 50.9 Å². The van der Waals surface area contributed by atoms with Crippen LogP contribution in [0.1, 0.15) is 28.4 Å². The molecule has 1 atom stereocenters. The molecule has 0 fully saturated rings. The van der Waals surface area contributed by atoms with Crippen molar-refractivity contribution in [3.8, 4) is 0 Å². The third kappa shape index (κ3) is 3.37. The van der Waals surface area contributed by atoms with E-state index in [9.17, 15) is 17.6 Å². The standard InChI is InChI=1S/C14H13F4N3/c1-8-2-4-11(15)10(6-8)13(21-19)12-5-3-9(7-20-12)14(16,17)18/h2-7,13,21H,19H2,1H3. The van der Waals surface area contributed by atoms with Crippen LogP contribution in [0, 0.1) is 12.7 Å². The van der Waals surface area contributed by atoms with E-state index < -0.39 is 23.6 Å². The Hall–Kier alpha value is -1.99. The maximum absolute atomic E-state index is 13.9. The second-order valence-electron chi connectivity index (χ2n) is 4.59. The molecule has 1 aromatic carbocycles. The van der Waals surface area contributed by atoms with E-state index in [1.54, 1.807) is 19.1 Å². The fraction of sp³-hybridized carbons (Fsp3) is 0.214. The van der Waals surface area contributed by atoms with Gasteiger partial charge in [-0.2, -0.15) is 13.2 Å². The molecule has 1 aromatic heterocycles. The van der Waals surface area contributed by atoms with E-state index in [2.05, 4.69) is 10.4 Å². The van der Waals surface area contributed by atoms with Crippen LogP contribution >= 0.6 is 0 Å². The number of nitrogens with two attached hydrogens (primary N) is 1. The quantitative estimate of drug-likeness (QED) is 0.520. The summed E-state index contributed by atoms with van der Waals surface area (Å²) in [6.07, 6.45) is -3.76. The average molecular weight is 299 g/mol. The van der Waals surface area contributed by atoms with Gasteiger partial charge < -0.3 is 0 Å². The minimum absolute atomic E-state index is 0.204. The molecule has 0 saturated heterocycles. The Morgan fingerprint density at radius 2 is 1.90 bits per heavy atom. The molecule has 3 N–H and O–H groups in total. The normalized spacial score (nSPS) is 13.2. The van der Waals surface area contributed by atoms with Crippen LogP contribution in [0.4, 0.5) is 17.6 Å². The SMILES string of the molecule is Cc1ccc(F)c(C(NN)c2ccc(C(F)(F)F)cn2)c1. The number of nitrogens with one attached hydrogen (secondary N) is 1. The Bertz CT molecular complexity index is 623. The Kier molecular flexibility index (Phi) is 4.24. The van der Waals surface area contributed by atoms with Crippen LogP contribution in [0.3, 0.4) is 0 Å². The first-order chi connectivity index (χ1) is 9.82. The molecule has 0 aliphatic carbocycles. The number of nitrogens with zero attached hydrogens (tertiary/aromatic N) is 1. The summed E-state index contributed by atoms with van der Waals surface area (Å²) in [5.41, 5.74) is 2.74. The molecule has 0 spiro atoms. The van der Waals surface area contributed by atoms with Crippen molar-refractivity contribution >= 4 is 0 Å². The number of hydrogen-bond acceptors (Lipinski definition) is 3. The molecular formula is C14H13F4N3. The minimum atomic E-state index is -4.47. The van der Waals surface area contributed by atoms with Gasteiger partial charge >= 0.3 is 6.18 Å². The van der Waals surface area contributed by atoms with E-state index in [1.807, 2.05) is 0 Å². The van der Waals surface area contributed by atoms with E-state index in [0.29, 0.717) is 6.20 Å². The third-order valence-corrected chi connectivity index (χ3v) is 3.04. The Morgan fingerprint density at radius 1 is 1.19 bits per heavy atom. The first kappa shape index (κ1) is 15.4. The van der Waals surface area contributed by atoms with E-state index in [0.717, 1.165) is 11.6 Å². The van der Waals surface area contributed by atoms with Crippen molar-refractivity contribution in [2.75, 3.05) is 0 Å². The van der Waals surface area contributed by atoms with Gasteiger partial charge in [0.2, 0.25) is 0 Å². The fourth-order valence-corrected chi connectivity index (χ4v) is 1.96. The third-order valence-electron chi connectivity index (χ3n) is 3.04. The highest BCUT2D eigenvalue weighted by molar-refractivity contribution is 5.33. The predicted molar refractivity (Wildman–Crippen MR) is 69.5 cm³/mol. The van der Waals surface area contributed by atoms with Crippen molar-refractivity contribution in [3.63, 3.8) is 0 Å². The summed E-state index contributed by atoms with van der Waals surface area (Å²) in [6, 6.07) is 5.67. The molecule has 21 heavy (non-hydrogen) atoms. The molecular weight excluding hydrogens is 286 g/mol. The van der Waals surface area contributed by atoms with Crippen molar-refractivity contribution in [2.45, 2.75) is 19.1 Å². The zero-order chi connectivity index (χ0) is 15.6. The summed E-state index contributed by atoms with van der Waals surface area (Å²) < 4.78 is 51.4. The molecule has 1 unspecified atom stereocenters. The van der Waals surface area contributed by atoms with Gasteiger partial charge in [-0.25, -0.2) is 9.82 Å². The maximum Gasteiger partial charge on any atom is 0.417 e. The molecule has 1 heterocycles. The van der Waals surface area contributed by atoms with Gasteiger partial charge in [0.05, 0.1) is 17.3 Å². The monoisotopic (exact) mass is 299 g/mol. The number of pyridine rings is 1. The van der Waals surface area contributed by atoms with E-state index in [1.165, 1.54) is 12.1 Å². The van der Waals surface area contributed by atoms with E-state index in [4.69, 9.17) is 5.84 Å². The molecule has 7 heteroatoms. The lowest BCUT2D eigenvalue weighted by molar-refractivity contribution is -0.137. The Balaban J connectivity index is 2.40. The highest BCUT2D eigenvalue weighted by Crippen LogP contribution is 2.30. The molecule has 0 radical (unpaired) electrons. The predicted octanol–water partition coefficient (Wildman–Crippen LogP) is 3.10. The lowest BCUT2D eigenvalue weighted by Crippen LogP contribution is -2.30. The number of hydrogen-bond donors (Lipinski definition) is 2. The summed E-state index contributed by atoms with van der Waals surface area (Å²) in [5.74, 6) is 4.89. The number of benzene rings is 1. The zero-order valence-electron chi connectivity index (χ0n) is 11.1. The zero-order valence-corrected chi connectivity index (χ0v) is 11.1. The van der Waals surface area contributed by atoms with Crippen LogP contribution in [0.25, 0.3) is 0 Å². The van der Waals surface area contributed by atoms with Crippen molar-refractivity contribution < 1.29 is 17.6 Å². The Morgan fingerprint density at radius 3 is 2.43 bits per heavy atom. The molecule has 0 aliphatic rings. The summed E-state index contributed by atoms with van der Waals surface area (Å²) in [4.78, 5) is 3.73. The first-order valence-electron chi connectivity index (χ1n) is 6.08. The molecule has 0 amide bonds. The number of aromatic nitrogens is 1. The van der Waals surface area contributed by atoms with Crippen molar-refractivity contribution in [2.24, 2.45) is 5.84 Å². The number of rotatable bonds is 3.